The quantitative estimate of drug-likeness (QED) is 0.450. The molecule has 0 atom stereocenters. The van der Waals surface area contributed by atoms with Gasteiger partial charge in [-0.25, -0.2) is 0 Å². The molecule has 2 amide bonds. The lowest BCUT2D eigenvalue weighted by Gasteiger charge is -2.13. The minimum absolute atomic E-state index is 0.190. The first-order chi connectivity index (χ1) is 4.04. The van der Waals surface area contributed by atoms with Gasteiger partial charge >= 0.3 is 0 Å². The van der Waals surface area contributed by atoms with Crippen LogP contribution in [-0.4, -0.2) is 23.9 Å². The maximum absolute atomic E-state index is 10.4. The number of hydrogen-bond donors (Lipinski definition) is 1. The van der Waals surface area contributed by atoms with Gasteiger partial charge in [-0.1, -0.05) is 0 Å². The number of hydrazine groups is 1. The van der Waals surface area contributed by atoms with E-state index in [2.05, 4.69) is 5.43 Å². The number of rotatable bonds is 0. The molecular weight excluding hydrogens is 120 g/mol. The van der Waals surface area contributed by atoms with Gasteiger partial charge in [-0.2, -0.15) is 0 Å². The number of nitrogens with zero attached hydrogens (tertiary/aromatic N) is 1. The summed E-state index contributed by atoms with van der Waals surface area (Å²) in [5.74, 6) is -0.432. The van der Waals surface area contributed by atoms with Crippen LogP contribution in [0.15, 0.2) is 0 Å². The summed E-state index contributed by atoms with van der Waals surface area (Å²) in [5, 5.41) is 1.13. The van der Waals surface area contributed by atoms with Crippen LogP contribution in [0.2, 0.25) is 0 Å². The third kappa shape index (κ3) is 3.52. The monoisotopic (exact) mass is 130 g/mol. The van der Waals surface area contributed by atoms with Gasteiger partial charge in [0.25, 0.3) is 0 Å². The van der Waals surface area contributed by atoms with Gasteiger partial charge in [-0.15, -0.1) is 0 Å². The van der Waals surface area contributed by atoms with E-state index in [-0.39, 0.29) is 11.8 Å². The molecule has 0 bridgehead atoms. The van der Waals surface area contributed by atoms with E-state index < -0.39 is 0 Å². The molecule has 0 rings (SSSR count). The van der Waals surface area contributed by atoms with E-state index in [4.69, 9.17) is 0 Å². The van der Waals surface area contributed by atoms with E-state index in [1.54, 1.807) is 0 Å². The zero-order valence-corrected chi connectivity index (χ0v) is 5.76. The van der Waals surface area contributed by atoms with Crippen molar-refractivity contribution in [3.63, 3.8) is 0 Å². The minimum Gasteiger partial charge on any atom is -0.274 e. The molecule has 0 unspecified atom stereocenters. The van der Waals surface area contributed by atoms with Crippen LogP contribution in [-0.2, 0) is 9.59 Å². The first kappa shape index (κ1) is 7.94. The highest BCUT2D eigenvalue weighted by Gasteiger charge is 2.00. The molecule has 4 nitrogen and oxygen atoms in total. The molecule has 0 radical (unpaired) electrons. The summed E-state index contributed by atoms with van der Waals surface area (Å²) >= 11 is 0. The summed E-state index contributed by atoms with van der Waals surface area (Å²) in [5.41, 5.74) is 2.29. The predicted molar refractivity (Wildman–Crippen MR) is 32.3 cm³/mol. The molecular formula is C5H10N2O2. The van der Waals surface area contributed by atoms with Crippen LogP contribution in [0, 0.1) is 0 Å². The van der Waals surface area contributed by atoms with Crippen molar-refractivity contribution >= 4 is 11.8 Å². The third-order valence-corrected chi connectivity index (χ3v) is 0.797. The van der Waals surface area contributed by atoms with E-state index in [0.29, 0.717) is 0 Å². The second-order valence-electron chi connectivity index (χ2n) is 1.75. The van der Waals surface area contributed by atoms with Gasteiger partial charge in [-0.3, -0.25) is 20.0 Å². The number of amides is 2. The van der Waals surface area contributed by atoms with Gasteiger partial charge < -0.3 is 0 Å². The molecule has 0 aromatic rings. The van der Waals surface area contributed by atoms with Crippen LogP contribution in [0.5, 0.6) is 0 Å². The summed E-state index contributed by atoms with van der Waals surface area (Å²) in [6.07, 6.45) is 0. The van der Waals surface area contributed by atoms with Gasteiger partial charge in [-0.05, 0) is 0 Å². The topological polar surface area (TPSA) is 49.4 Å². The van der Waals surface area contributed by atoms with Crippen molar-refractivity contribution in [2.75, 3.05) is 7.05 Å². The van der Waals surface area contributed by atoms with Crippen molar-refractivity contribution in [2.45, 2.75) is 13.8 Å². The van der Waals surface area contributed by atoms with Gasteiger partial charge in [0.15, 0.2) is 0 Å². The Morgan fingerprint density at radius 1 is 1.33 bits per heavy atom. The standard InChI is InChI=1S/C5H10N2O2/c1-4(8)6-7(3)5(2)9/h1-3H3,(H,6,8). The zero-order chi connectivity index (χ0) is 7.44. The maximum atomic E-state index is 10.4. The van der Waals surface area contributed by atoms with E-state index in [0.717, 1.165) is 5.01 Å². The lowest BCUT2D eigenvalue weighted by atomic mass is 10.7. The molecule has 0 saturated carbocycles. The van der Waals surface area contributed by atoms with Gasteiger partial charge in [0.05, 0.1) is 0 Å². The first-order valence-electron chi connectivity index (χ1n) is 2.55. The fourth-order valence-electron chi connectivity index (χ4n) is 0.315. The summed E-state index contributed by atoms with van der Waals surface area (Å²) in [7, 11) is 1.49. The van der Waals surface area contributed by atoms with Crippen molar-refractivity contribution in [3.05, 3.63) is 0 Å². The SMILES string of the molecule is CC(=O)NN(C)C(C)=O. The number of nitrogens with one attached hydrogen (secondary N) is 1. The molecule has 0 aliphatic rings. The van der Waals surface area contributed by atoms with Crippen molar-refractivity contribution in [3.8, 4) is 0 Å². The second kappa shape index (κ2) is 3.06. The molecule has 0 saturated heterocycles. The Morgan fingerprint density at radius 2 is 1.78 bits per heavy atom. The third-order valence-electron chi connectivity index (χ3n) is 0.797. The normalized spacial score (nSPS) is 8.33. The molecule has 0 aliphatic heterocycles. The van der Waals surface area contributed by atoms with Gasteiger partial charge in [0.2, 0.25) is 11.8 Å². The number of hydrogen-bond acceptors (Lipinski definition) is 2. The molecule has 52 valence electrons. The maximum Gasteiger partial charge on any atom is 0.237 e. The Hall–Kier alpha value is -1.06. The lowest BCUT2D eigenvalue weighted by Crippen LogP contribution is -2.40. The Bertz CT molecular complexity index is 133. The predicted octanol–water partition coefficient (Wildman–Crippen LogP) is -0.484. The van der Waals surface area contributed by atoms with Crippen LogP contribution >= 0.6 is 0 Å². The number of carbonyl (C=O) groups excluding carboxylic acids is 2. The van der Waals surface area contributed by atoms with Crippen molar-refractivity contribution in [1.29, 1.82) is 0 Å². The first-order valence-corrected chi connectivity index (χ1v) is 2.55. The smallest absolute Gasteiger partial charge is 0.237 e. The largest absolute Gasteiger partial charge is 0.274 e. The lowest BCUT2D eigenvalue weighted by molar-refractivity contribution is -0.137. The Balaban J connectivity index is 3.63. The second-order valence-corrected chi connectivity index (χ2v) is 1.75. The van der Waals surface area contributed by atoms with Crippen LogP contribution in [0.4, 0.5) is 0 Å². The van der Waals surface area contributed by atoms with Crippen molar-refractivity contribution < 1.29 is 9.59 Å². The summed E-state index contributed by atoms with van der Waals surface area (Å²) < 4.78 is 0. The summed E-state index contributed by atoms with van der Waals surface area (Å²) in [6, 6.07) is 0. The van der Waals surface area contributed by atoms with E-state index in [9.17, 15) is 9.59 Å². The highest BCUT2D eigenvalue weighted by molar-refractivity contribution is 5.78. The molecule has 0 aromatic heterocycles. The highest BCUT2D eigenvalue weighted by Crippen LogP contribution is 1.74. The van der Waals surface area contributed by atoms with E-state index in [1.807, 2.05) is 0 Å². The molecule has 0 aliphatic carbocycles. The molecule has 0 aromatic carbocycles. The minimum atomic E-state index is -0.243. The average molecular weight is 130 g/mol. The average Bonchev–Trinajstić information content (AvgIpc) is 1.63. The van der Waals surface area contributed by atoms with Crippen LogP contribution < -0.4 is 5.43 Å². The van der Waals surface area contributed by atoms with E-state index in [1.165, 1.54) is 20.9 Å². The fraction of sp³-hybridized carbons (Fsp3) is 0.600. The molecule has 0 spiro atoms. The van der Waals surface area contributed by atoms with Gasteiger partial charge in [0.1, 0.15) is 0 Å². The van der Waals surface area contributed by atoms with Crippen molar-refractivity contribution in [1.82, 2.24) is 10.4 Å². The fourth-order valence-corrected chi connectivity index (χ4v) is 0.315. The van der Waals surface area contributed by atoms with Gasteiger partial charge in [0, 0.05) is 20.9 Å². The Morgan fingerprint density at radius 3 is 1.89 bits per heavy atom. The molecule has 0 fully saturated rings. The Labute approximate surface area is 53.8 Å². The molecule has 0 heterocycles. The Kier molecular flexibility index (Phi) is 2.70. The number of carbonyl (C=O) groups is 2. The molecule has 1 N–H and O–H groups in total. The zero-order valence-electron chi connectivity index (χ0n) is 5.76. The van der Waals surface area contributed by atoms with E-state index >= 15 is 0 Å². The highest BCUT2D eigenvalue weighted by atomic mass is 16.2. The van der Waals surface area contributed by atoms with Crippen LogP contribution in [0.1, 0.15) is 13.8 Å². The molecule has 9 heavy (non-hydrogen) atoms. The summed E-state index contributed by atoms with van der Waals surface area (Å²) in [6.45, 7) is 2.72. The van der Waals surface area contributed by atoms with Crippen molar-refractivity contribution in [2.24, 2.45) is 0 Å². The molecule has 4 heteroatoms. The summed E-state index contributed by atoms with van der Waals surface area (Å²) in [4.78, 5) is 20.6. The van der Waals surface area contributed by atoms with Crippen LogP contribution in [0.3, 0.4) is 0 Å². The van der Waals surface area contributed by atoms with Crippen LogP contribution in [0.25, 0.3) is 0 Å².